The maximum atomic E-state index is 5.73. The summed E-state index contributed by atoms with van der Waals surface area (Å²) < 4.78 is 0. The molecule has 3 aromatic carbocycles. The van der Waals surface area contributed by atoms with Crippen molar-refractivity contribution < 1.29 is 4.84 Å². The summed E-state index contributed by atoms with van der Waals surface area (Å²) in [4.78, 5) is 5.73. The number of para-hydroxylation sites is 1. The maximum Gasteiger partial charge on any atom is 0.162 e. The highest BCUT2D eigenvalue weighted by Gasteiger charge is 2.22. The predicted octanol–water partition coefficient (Wildman–Crippen LogP) is 4.50. The van der Waals surface area contributed by atoms with Gasteiger partial charge < -0.3 is 4.84 Å². The Labute approximate surface area is 129 Å². The number of benzene rings is 3. The maximum absolute atomic E-state index is 5.73. The molecule has 0 saturated carbocycles. The summed E-state index contributed by atoms with van der Waals surface area (Å²) in [6.07, 6.45) is 0. The van der Waals surface area contributed by atoms with Crippen molar-refractivity contribution in [3.05, 3.63) is 102 Å². The summed E-state index contributed by atoms with van der Waals surface area (Å²) in [7, 11) is 0. The van der Waals surface area contributed by atoms with Gasteiger partial charge in [0, 0.05) is 16.7 Å². The Bertz CT molecular complexity index is 823. The molecular formula is C20H15NO. The monoisotopic (exact) mass is 285 g/mol. The highest BCUT2D eigenvalue weighted by Crippen LogP contribution is 2.38. The third-order valence-electron chi connectivity index (χ3n) is 3.79. The molecule has 0 aromatic heterocycles. The standard InChI is InChI=1S/C20H15NO/c1-3-9-15(10-4-1)19-17-13-7-8-14-18(17)22-21-20(19)16-11-5-2-6-12-16/h1-14,21H. The second-order valence-corrected chi connectivity index (χ2v) is 5.18. The summed E-state index contributed by atoms with van der Waals surface area (Å²) in [6, 6.07) is 28.8. The topological polar surface area (TPSA) is 21.3 Å². The van der Waals surface area contributed by atoms with Gasteiger partial charge in [-0.05, 0) is 11.6 Å². The minimum Gasteiger partial charge on any atom is -0.381 e. The molecule has 0 atom stereocenters. The molecule has 22 heavy (non-hydrogen) atoms. The Balaban J connectivity index is 2.00. The van der Waals surface area contributed by atoms with Crippen LogP contribution in [-0.2, 0) is 0 Å². The van der Waals surface area contributed by atoms with Crippen molar-refractivity contribution in [2.45, 2.75) is 0 Å². The summed E-state index contributed by atoms with van der Waals surface area (Å²) in [6.45, 7) is 0. The average Bonchev–Trinajstić information content (AvgIpc) is 2.62. The smallest absolute Gasteiger partial charge is 0.162 e. The van der Waals surface area contributed by atoms with Crippen LogP contribution in [0.15, 0.2) is 84.9 Å². The van der Waals surface area contributed by atoms with Gasteiger partial charge in [-0.2, -0.15) is 0 Å². The first-order valence-electron chi connectivity index (χ1n) is 7.31. The fourth-order valence-corrected chi connectivity index (χ4v) is 2.77. The lowest BCUT2D eigenvalue weighted by Gasteiger charge is -2.25. The van der Waals surface area contributed by atoms with E-state index >= 15 is 0 Å². The second kappa shape index (κ2) is 5.41. The Kier molecular flexibility index (Phi) is 3.13. The summed E-state index contributed by atoms with van der Waals surface area (Å²) in [5.41, 5.74) is 8.65. The molecule has 0 aliphatic carbocycles. The number of fused-ring (bicyclic) bond motifs is 1. The fraction of sp³-hybridized carbons (Fsp3) is 0. The van der Waals surface area contributed by atoms with E-state index in [1.165, 1.54) is 5.56 Å². The van der Waals surface area contributed by atoms with Crippen molar-refractivity contribution in [1.82, 2.24) is 5.48 Å². The summed E-state index contributed by atoms with van der Waals surface area (Å²) in [5.74, 6) is 0.848. The lowest BCUT2D eigenvalue weighted by Crippen LogP contribution is -2.23. The first-order chi connectivity index (χ1) is 10.9. The first-order valence-corrected chi connectivity index (χ1v) is 7.31. The number of hydroxylamine groups is 1. The highest BCUT2D eigenvalue weighted by atomic mass is 16.6. The van der Waals surface area contributed by atoms with Gasteiger partial charge in [0.1, 0.15) is 0 Å². The van der Waals surface area contributed by atoms with Gasteiger partial charge in [-0.25, -0.2) is 5.48 Å². The van der Waals surface area contributed by atoms with E-state index in [0.717, 1.165) is 28.1 Å². The molecule has 0 unspecified atom stereocenters. The zero-order valence-electron chi connectivity index (χ0n) is 12.0. The Morgan fingerprint density at radius 2 is 1.18 bits per heavy atom. The molecule has 2 heteroatoms. The van der Waals surface area contributed by atoms with Crippen LogP contribution in [0.1, 0.15) is 16.7 Å². The average molecular weight is 285 g/mol. The quantitative estimate of drug-likeness (QED) is 0.748. The van der Waals surface area contributed by atoms with E-state index in [0.29, 0.717) is 0 Å². The number of rotatable bonds is 2. The molecule has 0 saturated heterocycles. The molecule has 3 aromatic rings. The van der Waals surface area contributed by atoms with Crippen molar-refractivity contribution >= 4 is 11.3 Å². The van der Waals surface area contributed by atoms with Crippen molar-refractivity contribution in [3.63, 3.8) is 0 Å². The zero-order valence-corrected chi connectivity index (χ0v) is 12.0. The van der Waals surface area contributed by atoms with Gasteiger partial charge in [-0.3, -0.25) is 0 Å². The molecule has 106 valence electrons. The molecule has 2 nitrogen and oxygen atoms in total. The van der Waals surface area contributed by atoms with Crippen LogP contribution in [0.2, 0.25) is 0 Å². The highest BCUT2D eigenvalue weighted by molar-refractivity contribution is 6.00. The molecule has 4 rings (SSSR count). The largest absolute Gasteiger partial charge is 0.381 e. The van der Waals surface area contributed by atoms with Gasteiger partial charge >= 0.3 is 0 Å². The van der Waals surface area contributed by atoms with Gasteiger partial charge in [-0.1, -0.05) is 78.9 Å². The SMILES string of the molecule is c1ccc(C2=C(c3ccccc3)c3ccccc3ON2)cc1. The lowest BCUT2D eigenvalue weighted by atomic mass is 9.92. The fourth-order valence-electron chi connectivity index (χ4n) is 2.77. The molecule has 0 amide bonds. The summed E-state index contributed by atoms with van der Waals surface area (Å²) >= 11 is 0. The van der Waals surface area contributed by atoms with E-state index in [1.54, 1.807) is 0 Å². The van der Waals surface area contributed by atoms with E-state index in [2.05, 4.69) is 47.9 Å². The molecule has 0 bridgehead atoms. The molecule has 1 aliphatic heterocycles. The van der Waals surface area contributed by atoms with Crippen molar-refractivity contribution in [2.75, 3.05) is 0 Å². The van der Waals surface area contributed by atoms with Crippen LogP contribution >= 0.6 is 0 Å². The van der Waals surface area contributed by atoms with E-state index < -0.39 is 0 Å². The minimum atomic E-state index is 0.848. The van der Waals surface area contributed by atoms with Crippen LogP contribution < -0.4 is 10.3 Å². The van der Waals surface area contributed by atoms with E-state index in [-0.39, 0.29) is 0 Å². The van der Waals surface area contributed by atoms with Crippen molar-refractivity contribution in [1.29, 1.82) is 0 Å². The van der Waals surface area contributed by atoms with Gasteiger partial charge in [0.25, 0.3) is 0 Å². The van der Waals surface area contributed by atoms with Crippen LogP contribution in [0.25, 0.3) is 11.3 Å². The predicted molar refractivity (Wildman–Crippen MR) is 89.0 cm³/mol. The molecule has 0 spiro atoms. The van der Waals surface area contributed by atoms with Gasteiger partial charge in [0.2, 0.25) is 0 Å². The minimum absolute atomic E-state index is 0.848. The molecule has 1 aliphatic rings. The first kappa shape index (κ1) is 12.7. The number of hydrogen-bond acceptors (Lipinski definition) is 2. The molecule has 1 heterocycles. The zero-order chi connectivity index (χ0) is 14.8. The molecule has 0 fully saturated rings. The van der Waals surface area contributed by atoms with E-state index in [4.69, 9.17) is 4.84 Å². The molecule has 1 N–H and O–H groups in total. The normalized spacial score (nSPS) is 13.1. The Morgan fingerprint density at radius 3 is 1.91 bits per heavy atom. The van der Waals surface area contributed by atoms with Crippen LogP contribution in [0, 0.1) is 0 Å². The lowest BCUT2D eigenvalue weighted by molar-refractivity contribution is 0.248. The van der Waals surface area contributed by atoms with Crippen LogP contribution in [0.5, 0.6) is 5.75 Å². The Morgan fingerprint density at radius 1 is 0.591 bits per heavy atom. The molecule has 0 radical (unpaired) electrons. The van der Waals surface area contributed by atoms with Crippen LogP contribution in [-0.4, -0.2) is 0 Å². The number of nitrogens with one attached hydrogen (secondary N) is 1. The van der Waals surface area contributed by atoms with E-state index in [9.17, 15) is 0 Å². The third-order valence-corrected chi connectivity index (χ3v) is 3.79. The van der Waals surface area contributed by atoms with Gasteiger partial charge in [-0.15, -0.1) is 0 Å². The molecular weight excluding hydrogens is 270 g/mol. The van der Waals surface area contributed by atoms with Gasteiger partial charge in [0.05, 0.1) is 5.70 Å². The van der Waals surface area contributed by atoms with Crippen molar-refractivity contribution in [3.8, 4) is 5.75 Å². The van der Waals surface area contributed by atoms with Crippen LogP contribution in [0.4, 0.5) is 0 Å². The van der Waals surface area contributed by atoms with Gasteiger partial charge in [0.15, 0.2) is 5.75 Å². The third kappa shape index (κ3) is 2.15. The van der Waals surface area contributed by atoms with Crippen LogP contribution in [0.3, 0.4) is 0 Å². The second-order valence-electron chi connectivity index (χ2n) is 5.18. The van der Waals surface area contributed by atoms with Crippen molar-refractivity contribution in [2.24, 2.45) is 0 Å². The Hall–Kier alpha value is -3.00. The summed E-state index contributed by atoms with van der Waals surface area (Å²) in [5, 5.41) is 0. The van der Waals surface area contributed by atoms with E-state index in [1.807, 2.05) is 42.5 Å². The number of hydrogen-bond donors (Lipinski definition) is 1.